The van der Waals surface area contributed by atoms with Crippen LogP contribution in [0.25, 0.3) is 11.3 Å². The van der Waals surface area contributed by atoms with E-state index in [1.54, 1.807) is 13.8 Å². The molecule has 4 rings (SSSR count). The first-order chi connectivity index (χ1) is 14.1. The molecule has 3 heterocycles. The van der Waals surface area contributed by atoms with Gasteiger partial charge >= 0.3 is 6.29 Å². The first-order valence-corrected chi connectivity index (χ1v) is 9.15. The standard InChI is InChI=1S/C20H18F2N4O4/c1-9(2)18-17(11(4)26-30-18)19(27)25-16-8-23-13(7-24-16)12-6-15-14(5-10(12)3)28-20(21,22)29-15/h5-9H,1-4H3,(H,24,25,27). The van der Waals surface area contributed by atoms with Crippen LogP contribution in [0.2, 0.25) is 0 Å². The van der Waals surface area contributed by atoms with Crippen LogP contribution >= 0.6 is 0 Å². The van der Waals surface area contributed by atoms with E-state index in [9.17, 15) is 13.6 Å². The van der Waals surface area contributed by atoms with Gasteiger partial charge in [0.2, 0.25) is 0 Å². The third-order valence-electron chi connectivity index (χ3n) is 4.56. The summed E-state index contributed by atoms with van der Waals surface area (Å²) < 4.78 is 40.7. The fourth-order valence-electron chi connectivity index (χ4n) is 3.14. The smallest absolute Gasteiger partial charge is 0.395 e. The Morgan fingerprint density at radius 2 is 1.80 bits per heavy atom. The maximum absolute atomic E-state index is 13.3. The minimum absolute atomic E-state index is 0.0122. The summed E-state index contributed by atoms with van der Waals surface area (Å²) in [5.41, 5.74) is 2.48. The summed E-state index contributed by atoms with van der Waals surface area (Å²) >= 11 is 0. The number of anilines is 1. The summed E-state index contributed by atoms with van der Waals surface area (Å²) in [6.07, 6.45) is -0.881. The van der Waals surface area contributed by atoms with Crippen LogP contribution in [0.4, 0.5) is 14.6 Å². The zero-order chi connectivity index (χ0) is 21.6. The molecule has 1 aromatic carbocycles. The number of nitrogens with zero attached hydrogens (tertiary/aromatic N) is 3. The molecule has 30 heavy (non-hydrogen) atoms. The predicted octanol–water partition coefficient (Wildman–Crippen LogP) is 4.45. The number of halogens is 2. The highest BCUT2D eigenvalue weighted by Crippen LogP contribution is 2.44. The minimum Gasteiger partial charge on any atom is -0.395 e. The van der Waals surface area contributed by atoms with Gasteiger partial charge in [-0.1, -0.05) is 19.0 Å². The lowest BCUT2D eigenvalue weighted by atomic mass is 10.0. The van der Waals surface area contributed by atoms with Crippen molar-refractivity contribution >= 4 is 11.7 Å². The molecule has 0 fully saturated rings. The number of carbonyl (C=O) groups excluding carboxylic acids is 1. The van der Waals surface area contributed by atoms with Gasteiger partial charge in [0.25, 0.3) is 5.91 Å². The second-order valence-corrected chi connectivity index (χ2v) is 7.18. The molecule has 1 N–H and O–H groups in total. The molecule has 0 unspecified atom stereocenters. The van der Waals surface area contributed by atoms with Crippen molar-refractivity contribution in [3.8, 4) is 22.8 Å². The quantitative estimate of drug-likeness (QED) is 0.671. The number of carbonyl (C=O) groups is 1. The SMILES string of the molecule is Cc1cc2c(cc1-c1cnc(NC(=O)c3c(C)noc3C(C)C)cn1)OC(F)(F)O2. The van der Waals surface area contributed by atoms with Crippen LogP contribution in [0.1, 0.15) is 47.1 Å². The van der Waals surface area contributed by atoms with Gasteiger partial charge in [-0.15, -0.1) is 8.78 Å². The molecular weight excluding hydrogens is 398 g/mol. The van der Waals surface area contributed by atoms with Crippen molar-refractivity contribution in [3.63, 3.8) is 0 Å². The van der Waals surface area contributed by atoms with Crippen molar-refractivity contribution in [3.05, 3.63) is 47.1 Å². The van der Waals surface area contributed by atoms with Crippen LogP contribution in [-0.4, -0.2) is 27.3 Å². The topological polar surface area (TPSA) is 99.4 Å². The Kier molecular flexibility index (Phi) is 4.64. The average Bonchev–Trinajstić information content (AvgIpc) is 3.19. The summed E-state index contributed by atoms with van der Waals surface area (Å²) in [6, 6.07) is 2.87. The van der Waals surface area contributed by atoms with Gasteiger partial charge in [0.15, 0.2) is 23.1 Å². The zero-order valence-corrected chi connectivity index (χ0v) is 16.6. The molecule has 0 saturated heterocycles. The number of aromatic nitrogens is 3. The Labute approximate surface area is 170 Å². The van der Waals surface area contributed by atoms with E-state index in [0.29, 0.717) is 33.8 Å². The molecule has 0 radical (unpaired) electrons. The molecule has 156 valence electrons. The lowest BCUT2D eigenvalue weighted by Crippen LogP contribution is -2.25. The Morgan fingerprint density at radius 1 is 1.10 bits per heavy atom. The van der Waals surface area contributed by atoms with E-state index in [0.717, 1.165) is 0 Å². The van der Waals surface area contributed by atoms with Crippen molar-refractivity contribution in [1.82, 2.24) is 15.1 Å². The maximum Gasteiger partial charge on any atom is 0.586 e. The van der Waals surface area contributed by atoms with Crippen LogP contribution in [0.5, 0.6) is 11.5 Å². The molecule has 0 spiro atoms. The number of rotatable bonds is 4. The molecule has 10 heteroatoms. The fourth-order valence-corrected chi connectivity index (χ4v) is 3.14. The highest BCUT2D eigenvalue weighted by Gasteiger charge is 2.43. The van der Waals surface area contributed by atoms with Gasteiger partial charge in [0, 0.05) is 11.5 Å². The van der Waals surface area contributed by atoms with Crippen molar-refractivity contribution < 1.29 is 27.6 Å². The number of aryl methyl sites for hydroxylation is 2. The van der Waals surface area contributed by atoms with Crippen molar-refractivity contribution in [2.75, 3.05) is 5.32 Å². The second kappa shape index (κ2) is 7.05. The molecule has 1 aliphatic heterocycles. The monoisotopic (exact) mass is 416 g/mol. The fraction of sp³-hybridized carbons (Fsp3) is 0.300. The van der Waals surface area contributed by atoms with Gasteiger partial charge in [-0.05, 0) is 31.5 Å². The number of benzene rings is 1. The lowest BCUT2D eigenvalue weighted by Gasteiger charge is -2.09. The predicted molar refractivity (Wildman–Crippen MR) is 102 cm³/mol. The van der Waals surface area contributed by atoms with E-state index in [4.69, 9.17) is 4.52 Å². The molecule has 0 saturated carbocycles. The lowest BCUT2D eigenvalue weighted by molar-refractivity contribution is -0.286. The molecule has 3 aromatic rings. The van der Waals surface area contributed by atoms with Crippen LogP contribution in [0.15, 0.2) is 29.0 Å². The first-order valence-electron chi connectivity index (χ1n) is 9.15. The second-order valence-electron chi connectivity index (χ2n) is 7.18. The Morgan fingerprint density at radius 3 is 2.43 bits per heavy atom. The Hall–Kier alpha value is -3.56. The highest BCUT2D eigenvalue weighted by molar-refractivity contribution is 6.05. The highest BCUT2D eigenvalue weighted by atomic mass is 19.3. The summed E-state index contributed by atoms with van der Waals surface area (Å²) in [4.78, 5) is 21.1. The average molecular weight is 416 g/mol. The third kappa shape index (κ3) is 3.56. The molecule has 1 aliphatic rings. The molecule has 2 aromatic heterocycles. The summed E-state index contributed by atoms with van der Waals surface area (Å²) in [6.45, 7) is 7.21. The van der Waals surface area contributed by atoms with Gasteiger partial charge in [0.1, 0.15) is 5.56 Å². The number of nitrogens with one attached hydrogen (secondary N) is 1. The van der Waals surface area contributed by atoms with Crippen LogP contribution in [0.3, 0.4) is 0 Å². The van der Waals surface area contributed by atoms with Gasteiger partial charge in [-0.25, -0.2) is 4.98 Å². The minimum atomic E-state index is -3.69. The number of fused-ring (bicyclic) bond motifs is 1. The van der Waals surface area contributed by atoms with Gasteiger partial charge in [-0.3, -0.25) is 9.78 Å². The molecule has 8 nitrogen and oxygen atoms in total. The summed E-state index contributed by atoms with van der Waals surface area (Å²) in [7, 11) is 0. The number of hydrogen-bond donors (Lipinski definition) is 1. The van der Waals surface area contributed by atoms with E-state index in [2.05, 4.69) is 29.9 Å². The molecule has 1 amide bonds. The van der Waals surface area contributed by atoms with Crippen LogP contribution in [-0.2, 0) is 0 Å². The van der Waals surface area contributed by atoms with E-state index in [-0.39, 0.29) is 23.2 Å². The van der Waals surface area contributed by atoms with Crippen LogP contribution in [0, 0.1) is 13.8 Å². The number of ether oxygens (including phenoxy) is 2. The molecular formula is C20H18F2N4O4. The molecule has 0 bridgehead atoms. The molecule has 0 aliphatic carbocycles. The van der Waals surface area contributed by atoms with E-state index in [1.165, 1.54) is 24.5 Å². The van der Waals surface area contributed by atoms with Crippen LogP contribution < -0.4 is 14.8 Å². The van der Waals surface area contributed by atoms with Gasteiger partial charge in [0.05, 0.1) is 23.8 Å². The Balaban J connectivity index is 1.56. The summed E-state index contributed by atoms with van der Waals surface area (Å²) in [5, 5.41) is 6.53. The number of alkyl halides is 2. The normalized spacial score (nSPS) is 14.2. The largest absolute Gasteiger partial charge is 0.586 e. The number of hydrogen-bond acceptors (Lipinski definition) is 7. The van der Waals surface area contributed by atoms with E-state index >= 15 is 0 Å². The van der Waals surface area contributed by atoms with Gasteiger partial charge < -0.3 is 19.3 Å². The first kappa shape index (κ1) is 19.7. The summed E-state index contributed by atoms with van der Waals surface area (Å²) in [5.74, 6) is 0.182. The third-order valence-corrected chi connectivity index (χ3v) is 4.56. The van der Waals surface area contributed by atoms with Crippen molar-refractivity contribution in [1.29, 1.82) is 0 Å². The number of amides is 1. The van der Waals surface area contributed by atoms with Gasteiger partial charge in [-0.2, -0.15) is 0 Å². The van der Waals surface area contributed by atoms with Crippen molar-refractivity contribution in [2.45, 2.75) is 39.9 Å². The van der Waals surface area contributed by atoms with E-state index in [1.807, 2.05) is 13.8 Å². The van der Waals surface area contributed by atoms with Crippen molar-refractivity contribution in [2.24, 2.45) is 0 Å². The zero-order valence-electron chi connectivity index (χ0n) is 16.6. The molecule has 0 atom stereocenters. The maximum atomic E-state index is 13.3. The Bertz CT molecular complexity index is 1130. The van der Waals surface area contributed by atoms with E-state index < -0.39 is 12.2 Å².